The van der Waals surface area contributed by atoms with Crippen molar-refractivity contribution in [2.45, 2.75) is 26.7 Å². The molecule has 1 rings (SSSR count). The van der Waals surface area contributed by atoms with E-state index in [9.17, 15) is 0 Å². The zero-order valence-corrected chi connectivity index (χ0v) is 7.46. The van der Waals surface area contributed by atoms with Crippen LogP contribution in [0.15, 0.2) is 6.07 Å². The van der Waals surface area contributed by atoms with Gasteiger partial charge in [-0.2, -0.15) is 5.10 Å². The second-order valence-corrected chi connectivity index (χ2v) is 2.63. The molecular formula is C8H14N4. The molecule has 0 saturated heterocycles. The summed E-state index contributed by atoms with van der Waals surface area (Å²) in [4.78, 5) is 0. The van der Waals surface area contributed by atoms with Crippen molar-refractivity contribution in [2.75, 3.05) is 0 Å². The molecule has 1 heterocycles. The Morgan fingerprint density at radius 1 is 1.58 bits per heavy atom. The predicted octanol–water partition coefficient (Wildman–Crippen LogP) is 0.749. The van der Waals surface area contributed by atoms with E-state index in [-0.39, 0.29) is 5.96 Å². The summed E-state index contributed by atoms with van der Waals surface area (Å²) in [6.45, 7) is 4.06. The maximum Gasteiger partial charge on any atom is 0.213 e. The molecule has 4 heteroatoms. The summed E-state index contributed by atoms with van der Waals surface area (Å²) >= 11 is 0. The highest BCUT2D eigenvalue weighted by Gasteiger charge is 2.05. The third kappa shape index (κ3) is 1.47. The first-order valence-corrected chi connectivity index (χ1v) is 4.11. The van der Waals surface area contributed by atoms with E-state index in [0.717, 1.165) is 24.2 Å². The lowest BCUT2D eigenvalue weighted by atomic mass is 10.3. The number of hydrogen-bond acceptors (Lipinski definition) is 2. The lowest BCUT2D eigenvalue weighted by Crippen LogP contribution is -2.23. The van der Waals surface area contributed by atoms with Crippen LogP contribution in [0.25, 0.3) is 0 Å². The number of nitrogens with one attached hydrogen (secondary N) is 1. The average molecular weight is 166 g/mol. The van der Waals surface area contributed by atoms with E-state index in [2.05, 4.69) is 5.10 Å². The molecule has 0 aliphatic carbocycles. The molecule has 0 aliphatic heterocycles. The zero-order chi connectivity index (χ0) is 9.14. The van der Waals surface area contributed by atoms with Gasteiger partial charge < -0.3 is 5.73 Å². The molecule has 1 aromatic heterocycles. The van der Waals surface area contributed by atoms with Gasteiger partial charge in [0.1, 0.15) is 0 Å². The molecule has 4 nitrogen and oxygen atoms in total. The monoisotopic (exact) mass is 166 g/mol. The quantitative estimate of drug-likeness (QED) is 0.503. The van der Waals surface area contributed by atoms with Gasteiger partial charge in [0.15, 0.2) is 0 Å². The molecule has 0 unspecified atom stereocenters. The zero-order valence-electron chi connectivity index (χ0n) is 7.46. The Morgan fingerprint density at radius 2 is 2.25 bits per heavy atom. The minimum atomic E-state index is -0.00782. The number of nitrogens with zero attached hydrogens (tertiary/aromatic N) is 2. The van der Waals surface area contributed by atoms with Crippen molar-refractivity contribution >= 4 is 5.96 Å². The van der Waals surface area contributed by atoms with E-state index in [1.54, 1.807) is 0 Å². The van der Waals surface area contributed by atoms with E-state index in [1.165, 1.54) is 4.68 Å². The Balaban J connectivity index is 3.08. The minimum Gasteiger partial charge on any atom is -0.368 e. The number of aryl methyl sites for hydroxylation is 2. The van der Waals surface area contributed by atoms with Crippen LogP contribution in [0.3, 0.4) is 0 Å². The molecule has 0 spiro atoms. The first kappa shape index (κ1) is 8.77. The Labute approximate surface area is 71.9 Å². The molecular weight excluding hydrogens is 152 g/mol. The second-order valence-electron chi connectivity index (χ2n) is 2.63. The number of nitrogen functional groups attached to an aromatic ring is 1. The molecule has 0 aromatic carbocycles. The molecule has 66 valence electrons. The fourth-order valence-corrected chi connectivity index (χ4v) is 1.11. The summed E-state index contributed by atoms with van der Waals surface area (Å²) in [5, 5.41) is 11.4. The van der Waals surface area contributed by atoms with E-state index < -0.39 is 0 Å². The third-order valence-corrected chi connectivity index (χ3v) is 1.79. The second kappa shape index (κ2) is 3.38. The van der Waals surface area contributed by atoms with E-state index in [4.69, 9.17) is 11.1 Å². The van der Waals surface area contributed by atoms with E-state index in [1.807, 2.05) is 19.9 Å². The van der Waals surface area contributed by atoms with Gasteiger partial charge in [-0.15, -0.1) is 0 Å². The van der Waals surface area contributed by atoms with Gasteiger partial charge in [0, 0.05) is 5.69 Å². The summed E-state index contributed by atoms with van der Waals surface area (Å²) in [6.07, 6.45) is 1.74. The summed E-state index contributed by atoms with van der Waals surface area (Å²) in [6, 6.07) is 1.99. The first-order chi connectivity index (χ1) is 5.69. The van der Waals surface area contributed by atoms with Crippen molar-refractivity contribution in [1.82, 2.24) is 9.78 Å². The number of hydrogen-bond donors (Lipinski definition) is 2. The summed E-state index contributed by atoms with van der Waals surface area (Å²) in [7, 11) is 0. The van der Waals surface area contributed by atoms with Gasteiger partial charge in [-0.1, -0.05) is 13.8 Å². The first-order valence-electron chi connectivity index (χ1n) is 4.11. The minimum absolute atomic E-state index is 0.00782. The fourth-order valence-electron chi connectivity index (χ4n) is 1.11. The molecule has 0 atom stereocenters. The fraction of sp³-hybridized carbons (Fsp3) is 0.500. The SMILES string of the molecule is CCc1cc(CC)n(C(=N)N)n1. The van der Waals surface area contributed by atoms with Crippen LogP contribution in [0.5, 0.6) is 0 Å². The topological polar surface area (TPSA) is 67.7 Å². The lowest BCUT2D eigenvalue weighted by molar-refractivity contribution is 0.820. The molecule has 3 N–H and O–H groups in total. The van der Waals surface area contributed by atoms with Gasteiger partial charge in [-0.05, 0) is 18.9 Å². The van der Waals surface area contributed by atoms with Crippen molar-refractivity contribution in [2.24, 2.45) is 5.73 Å². The van der Waals surface area contributed by atoms with Gasteiger partial charge >= 0.3 is 0 Å². The van der Waals surface area contributed by atoms with Gasteiger partial charge in [0.2, 0.25) is 5.96 Å². The Morgan fingerprint density at radius 3 is 2.58 bits per heavy atom. The van der Waals surface area contributed by atoms with Gasteiger partial charge in [0.25, 0.3) is 0 Å². The van der Waals surface area contributed by atoms with Crippen LogP contribution < -0.4 is 5.73 Å². The Kier molecular flexibility index (Phi) is 2.47. The molecule has 0 aliphatic rings. The lowest BCUT2D eigenvalue weighted by Gasteiger charge is -2.00. The average Bonchev–Trinajstić information content (AvgIpc) is 2.47. The van der Waals surface area contributed by atoms with E-state index >= 15 is 0 Å². The number of rotatable bonds is 2. The van der Waals surface area contributed by atoms with Gasteiger partial charge in [-0.3, -0.25) is 5.41 Å². The van der Waals surface area contributed by atoms with Crippen LogP contribution in [-0.2, 0) is 12.8 Å². The van der Waals surface area contributed by atoms with Crippen molar-refractivity contribution in [1.29, 1.82) is 5.41 Å². The predicted molar refractivity (Wildman–Crippen MR) is 48.3 cm³/mol. The molecule has 0 bridgehead atoms. The molecule has 0 amide bonds. The van der Waals surface area contributed by atoms with Crippen LogP contribution in [0.4, 0.5) is 0 Å². The summed E-state index contributed by atoms with van der Waals surface area (Å²) in [5.74, 6) is -0.00782. The molecule has 12 heavy (non-hydrogen) atoms. The largest absolute Gasteiger partial charge is 0.368 e. The highest BCUT2D eigenvalue weighted by atomic mass is 15.3. The normalized spacial score (nSPS) is 10.2. The highest BCUT2D eigenvalue weighted by molar-refractivity contribution is 5.77. The van der Waals surface area contributed by atoms with Crippen LogP contribution in [0.2, 0.25) is 0 Å². The van der Waals surface area contributed by atoms with Gasteiger partial charge in [-0.25, -0.2) is 4.68 Å². The standard InChI is InChI=1S/C8H14N4/c1-3-6-5-7(4-2)12(11-6)8(9)10/h5H,3-4H2,1-2H3,(H3,9,10). The Hall–Kier alpha value is -1.32. The summed E-state index contributed by atoms with van der Waals surface area (Å²) in [5.41, 5.74) is 7.33. The highest BCUT2D eigenvalue weighted by Crippen LogP contribution is 2.04. The van der Waals surface area contributed by atoms with Crippen molar-refractivity contribution in [3.63, 3.8) is 0 Å². The van der Waals surface area contributed by atoms with Gasteiger partial charge in [0.05, 0.1) is 5.69 Å². The van der Waals surface area contributed by atoms with Crippen LogP contribution in [0.1, 0.15) is 25.2 Å². The summed E-state index contributed by atoms with van der Waals surface area (Å²) < 4.78 is 1.48. The molecule has 0 fully saturated rings. The number of nitrogens with two attached hydrogens (primary N) is 1. The third-order valence-electron chi connectivity index (χ3n) is 1.79. The maximum atomic E-state index is 7.25. The van der Waals surface area contributed by atoms with E-state index in [0.29, 0.717) is 0 Å². The molecule has 0 radical (unpaired) electrons. The maximum absolute atomic E-state index is 7.25. The van der Waals surface area contributed by atoms with Crippen molar-refractivity contribution < 1.29 is 0 Å². The number of aromatic nitrogens is 2. The van der Waals surface area contributed by atoms with Crippen molar-refractivity contribution in [3.8, 4) is 0 Å². The molecule has 1 aromatic rings. The van der Waals surface area contributed by atoms with Crippen LogP contribution in [0, 0.1) is 5.41 Å². The smallest absolute Gasteiger partial charge is 0.213 e. The van der Waals surface area contributed by atoms with Crippen LogP contribution >= 0.6 is 0 Å². The Bertz CT molecular complexity index is 287. The van der Waals surface area contributed by atoms with Crippen LogP contribution in [-0.4, -0.2) is 15.7 Å². The molecule has 0 saturated carbocycles. The van der Waals surface area contributed by atoms with Crippen molar-refractivity contribution in [3.05, 3.63) is 17.5 Å².